The maximum Gasteiger partial charge on any atom is 0.408 e. The molecule has 1 saturated carbocycles. The Morgan fingerprint density at radius 3 is 2.81 bits per heavy atom. The SMILES string of the molecule is O=C(Nc1ccc2oc(C3CC3)nc2c1)Nc1ccn(CC(F)(F)F)n1. The van der Waals surface area contributed by atoms with Gasteiger partial charge in [0.15, 0.2) is 17.3 Å². The second kappa shape index (κ2) is 6.04. The van der Waals surface area contributed by atoms with E-state index in [2.05, 4.69) is 20.7 Å². The average Bonchev–Trinajstić information content (AvgIpc) is 3.17. The van der Waals surface area contributed by atoms with E-state index in [1.54, 1.807) is 18.2 Å². The van der Waals surface area contributed by atoms with Crippen molar-refractivity contribution in [3.05, 3.63) is 36.4 Å². The van der Waals surface area contributed by atoms with Gasteiger partial charge in [-0.25, -0.2) is 9.78 Å². The quantitative estimate of drug-likeness (QED) is 0.729. The fraction of sp³-hybridized carbons (Fsp3) is 0.312. The molecule has 0 saturated heterocycles. The molecule has 0 atom stereocenters. The molecule has 0 unspecified atom stereocenters. The van der Waals surface area contributed by atoms with Crippen LogP contribution in [-0.2, 0) is 6.54 Å². The molecular formula is C16H14F3N5O2. The first-order valence-corrected chi connectivity index (χ1v) is 7.94. The minimum atomic E-state index is -4.38. The Balaban J connectivity index is 1.40. The largest absolute Gasteiger partial charge is 0.440 e. The molecule has 2 aromatic heterocycles. The number of nitrogens with one attached hydrogen (secondary N) is 2. The van der Waals surface area contributed by atoms with Gasteiger partial charge in [0.25, 0.3) is 0 Å². The number of hydrogen-bond acceptors (Lipinski definition) is 4. The Kier molecular flexibility index (Phi) is 3.82. The Bertz CT molecular complexity index is 958. The summed E-state index contributed by atoms with van der Waals surface area (Å²) in [6, 6.07) is 5.71. The Morgan fingerprint density at radius 1 is 1.27 bits per heavy atom. The maximum atomic E-state index is 12.3. The van der Waals surface area contributed by atoms with E-state index in [-0.39, 0.29) is 5.82 Å². The predicted octanol–water partition coefficient (Wildman–Crippen LogP) is 4.11. The van der Waals surface area contributed by atoms with E-state index in [0.29, 0.717) is 33.3 Å². The number of amides is 2. The van der Waals surface area contributed by atoms with Gasteiger partial charge in [0.1, 0.15) is 12.1 Å². The van der Waals surface area contributed by atoms with Crippen molar-refractivity contribution in [1.29, 1.82) is 0 Å². The molecule has 2 N–H and O–H groups in total. The molecule has 136 valence electrons. The smallest absolute Gasteiger partial charge is 0.408 e. The van der Waals surface area contributed by atoms with Crippen LogP contribution in [0.5, 0.6) is 0 Å². The van der Waals surface area contributed by atoms with Crippen molar-refractivity contribution in [2.75, 3.05) is 10.6 Å². The van der Waals surface area contributed by atoms with Crippen molar-refractivity contribution >= 4 is 28.6 Å². The van der Waals surface area contributed by atoms with Gasteiger partial charge in [0.05, 0.1) is 0 Å². The van der Waals surface area contributed by atoms with Crippen LogP contribution in [0.15, 0.2) is 34.9 Å². The summed E-state index contributed by atoms with van der Waals surface area (Å²) < 4.78 is 43.3. The van der Waals surface area contributed by atoms with Crippen LogP contribution in [0.1, 0.15) is 24.7 Å². The Morgan fingerprint density at radius 2 is 2.08 bits per heavy atom. The number of carbonyl (C=O) groups is 1. The molecule has 2 heterocycles. The third-order valence-electron chi connectivity index (χ3n) is 3.81. The summed E-state index contributed by atoms with van der Waals surface area (Å²) in [5, 5.41) is 8.63. The Hall–Kier alpha value is -3.04. The number of urea groups is 1. The molecule has 1 fully saturated rings. The van der Waals surface area contributed by atoms with Crippen LogP contribution in [0.2, 0.25) is 0 Å². The number of nitrogens with zero attached hydrogens (tertiary/aromatic N) is 3. The van der Waals surface area contributed by atoms with Crippen molar-refractivity contribution in [2.45, 2.75) is 31.5 Å². The zero-order valence-electron chi connectivity index (χ0n) is 13.4. The summed E-state index contributed by atoms with van der Waals surface area (Å²) in [6.07, 6.45) is -1.09. The van der Waals surface area contributed by atoms with Crippen LogP contribution in [-0.4, -0.2) is 27.0 Å². The van der Waals surface area contributed by atoms with Gasteiger partial charge in [-0.05, 0) is 31.0 Å². The van der Waals surface area contributed by atoms with E-state index in [1.807, 2.05) is 0 Å². The molecule has 7 nitrogen and oxygen atoms in total. The van der Waals surface area contributed by atoms with Crippen molar-refractivity contribution in [1.82, 2.24) is 14.8 Å². The van der Waals surface area contributed by atoms with Crippen molar-refractivity contribution in [2.24, 2.45) is 0 Å². The fourth-order valence-corrected chi connectivity index (χ4v) is 2.51. The third-order valence-corrected chi connectivity index (χ3v) is 3.81. The lowest BCUT2D eigenvalue weighted by molar-refractivity contribution is -0.142. The van der Waals surface area contributed by atoms with Crippen LogP contribution >= 0.6 is 0 Å². The van der Waals surface area contributed by atoms with E-state index in [0.717, 1.165) is 19.0 Å². The highest BCUT2D eigenvalue weighted by Crippen LogP contribution is 2.40. The minimum Gasteiger partial charge on any atom is -0.440 e. The van der Waals surface area contributed by atoms with E-state index in [4.69, 9.17) is 4.42 Å². The number of halogens is 3. The lowest BCUT2D eigenvalue weighted by Crippen LogP contribution is -2.21. The van der Waals surface area contributed by atoms with Crippen LogP contribution in [0.4, 0.5) is 29.5 Å². The minimum absolute atomic E-state index is 0.0188. The summed E-state index contributed by atoms with van der Waals surface area (Å²) >= 11 is 0. The number of carbonyl (C=O) groups excluding carboxylic acids is 1. The van der Waals surface area contributed by atoms with Crippen LogP contribution in [0.25, 0.3) is 11.1 Å². The number of hydrogen-bond donors (Lipinski definition) is 2. The molecule has 1 aliphatic carbocycles. The van der Waals surface area contributed by atoms with E-state index in [9.17, 15) is 18.0 Å². The zero-order chi connectivity index (χ0) is 18.3. The molecule has 10 heteroatoms. The fourth-order valence-electron chi connectivity index (χ4n) is 2.51. The molecule has 1 aliphatic rings. The summed E-state index contributed by atoms with van der Waals surface area (Å²) in [5.74, 6) is 1.11. The van der Waals surface area contributed by atoms with Gasteiger partial charge >= 0.3 is 12.2 Å². The van der Waals surface area contributed by atoms with Gasteiger partial charge < -0.3 is 9.73 Å². The van der Waals surface area contributed by atoms with Gasteiger partial charge in [-0.15, -0.1) is 0 Å². The standard InChI is InChI=1S/C16H14F3N5O2/c17-16(18,19)8-24-6-5-13(23-24)22-15(25)20-10-3-4-12-11(7-10)21-14(26-12)9-1-2-9/h3-7,9H,1-2,8H2,(H2,20,22,23,25). The third kappa shape index (κ3) is 3.79. The summed E-state index contributed by atoms with van der Waals surface area (Å²) in [6.45, 7) is -1.22. The number of anilines is 2. The molecule has 0 radical (unpaired) electrons. The molecule has 0 aliphatic heterocycles. The van der Waals surface area contributed by atoms with Gasteiger partial charge in [-0.3, -0.25) is 10.00 Å². The zero-order valence-corrected chi connectivity index (χ0v) is 13.4. The molecule has 1 aromatic carbocycles. The number of fused-ring (bicyclic) bond motifs is 1. The second-order valence-corrected chi connectivity index (χ2v) is 6.10. The van der Waals surface area contributed by atoms with E-state index in [1.165, 1.54) is 6.07 Å². The monoisotopic (exact) mass is 365 g/mol. The normalized spacial score (nSPS) is 14.6. The Labute approximate surface area is 145 Å². The van der Waals surface area contributed by atoms with Crippen molar-refractivity contribution < 1.29 is 22.4 Å². The number of benzene rings is 1. The van der Waals surface area contributed by atoms with E-state index < -0.39 is 18.8 Å². The predicted molar refractivity (Wildman–Crippen MR) is 86.9 cm³/mol. The number of alkyl halides is 3. The molecule has 26 heavy (non-hydrogen) atoms. The molecule has 2 amide bonds. The molecule has 4 rings (SSSR count). The lowest BCUT2D eigenvalue weighted by Gasteiger charge is -2.06. The highest BCUT2D eigenvalue weighted by molar-refractivity contribution is 6.00. The van der Waals surface area contributed by atoms with Crippen molar-refractivity contribution in [3.63, 3.8) is 0 Å². The highest BCUT2D eigenvalue weighted by Gasteiger charge is 2.29. The molecule has 0 spiro atoms. The van der Waals surface area contributed by atoms with Crippen LogP contribution in [0.3, 0.4) is 0 Å². The second-order valence-electron chi connectivity index (χ2n) is 6.10. The number of oxazole rings is 1. The first kappa shape index (κ1) is 16.4. The maximum absolute atomic E-state index is 12.3. The van der Waals surface area contributed by atoms with Gasteiger partial charge in [-0.2, -0.15) is 18.3 Å². The van der Waals surface area contributed by atoms with Crippen molar-refractivity contribution in [3.8, 4) is 0 Å². The highest BCUT2D eigenvalue weighted by atomic mass is 19.4. The summed E-state index contributed by atoms with van der Waals surface area (Å²) in [7, 11) is 0. The molecular weight excluding hydrogens is 351 g/mol. The number of rotatable bonds is 4. The van der Waals surface area contributed by atoms with Gasteiger partial charge in [-0.1, -0.05) is 0 Å². The summed E-state index contributed by atoms with van der Waals surface area (Å²) in [4.78, 5) is 16.4. The average molecular weight is 365 g/mol. The van der Waals surface area contributed by atoms with Crippen LogP contribution < -0.4 is 10.6 Å². The topological polar surface area (TPSA) is 85.0 Å². The van der Waals surface area contributed by atoms with Gasteiger partial charge in [0, 0.05) is 23.9 Å². The molecule has 3 aromatic rings. The first-order valence-electron chi connectivity index (χ1n) is 7.94. The molecule has 0 bridgehead atoms. The number of aromatic nitrogens is 3. The lowest BCUT2D eigenvalue weighted by atomic mass is 10.3. The van der Waals surface area contributed by atoms with Gasteiger partial charge in [0.2, 0.25) is 0 Å². The van der Waals surface area contributed by atoms with E-state index >= 15 is 0 Å². The first-order chi connectivity index (χ1) is 12.4. The summed E-state index contributed by atoms with van der Waals surface area (Å²) in [5.41, 5.74) is 1.77. The van der Waals surface area contributed by atoms with Crippen LogP contribution in [0, 0.1) is 0 Å².